The molecule has 3 heteroatoms. The van der Waals surface area contributed by atoms with Crippen molar-refractivity contribution in [3.8, 4) is 5.75 Å². The van der Waals surface area contributed by atoms with Crippen LogP contribution in [-0.4, -0.2) is 18.6 Å². The van der Waals surface area contributed by atoms with E-state index in [0.717, 1.165) is 24.3 Å². The fourth-order valence-corrected chi connectivity index (χ4v) is 3.34. The first-order valence-electron chi connectivity index (χ1n) is 7.81. The minimum atomic E-state index is 0.0153. The summed E-state index contributed by atoms with van der Waals surface area (Å²) in [6, 6.07) is 5.87. The molecular weight excluding hydrogens is 250 g/mol. The SMILES string of the molecule is CC1Cc2cccc(C(=O)NCC3CCCCC3)c2O1. The quantitative estimate of drug-likeness (QED) is 0.917. The maximum atomic E-state index is 12.4. The number of carbonyl (C=O) groups is 1. The summed E-state index contributed by atoms with van der Waals surface area (Å²) in [6.07, 6.45) is 7.55. The van der Waals surface area contributed by atoms with E-state index in [1.165, 1.54) is 32.1 Å². The Balaban J connectivity index is 1.64. The topological polar surface area (TPSA) is 38.3 Å². The number of ether oxygens (including phenoxy) is 1. The number of hydrogen-bond acceptors (Lipinski definition) is 2. The zero-order valence-corrected chi connectivity index (χ0v) is 12.2. The van der Waals surface area contributed by atoms with E-state index in [2.05, 4.69) is 11.4 Å². The van der Waals surface area contributed by atoms with Gasteiger partial charge in [0.2, 0.25) is 0 Å². The van der Waals surface area contributed by atoms with Gasteiger partial charge in [-0.2, -0.15) is 0 Å². The maximum absolute atomic E-state index is 12.4. The monoisotopic (exact) mass is 273 g/mol. The summed E-state index contributed by atoms with van der Waals surface area (Å²) in [6.45, 7) is 2.85. The highest BCUT2D eigenvalue weighted by atomic mass is 16.5. The molecule has 1 unspecified atom stereocenters. The van der Waals surface area contributed by atoms with Crippen LogP contribution in [0.4, 0.5) is 0 Å². The summed E-state index contributed by atoms with van der Waals surface area (Å²) < 4.78 is 5.79. The highest BCUT2D eigenvalue weighted by molar-refractivity contribution is 5.97. The Morgan fingerprint density at radius 2 is 2.10 bits per heavy atom. The molecule has 0 bridgehead atoms. The number of hydrogen-bond donors (Lipinski definition) is 1. The van der Waals surface area contributed by atoms with Crippen LogP contribution < -0.4 is 10.1 Å². The van der Waals surface area contributed by atoms with E-state index in [9.17, 15) is 4.79 Å². The third-order valence-corrected chi connectivity index (χ3v) is 4.44. The van der Waals surface area contributed by atoms with E-state index in [1.807, 2.05) is 19.1 Å². The molecule has 20 heavy (non-hydrogen) atoms. The van der Waals surface area contributed by atoms with Gasteiger partial charge in [-0.1, -0.05) is 31.4 Å². The molecule has 3 rings (SSSR count). The van der Waals surface area contributed by atoms with Crippen molar-refractivity contribution in [2.24, 2.45) is 5.92 Å². The fraction of sp³-hybridized carbons (Fsp3) is 0.588. The molecule has 0 saturated heterocycles. The van der Waals surface area contributed by atoms with Gasteiger partial charge < -0.3 is 10.1 Å². The van der Waals surface area contributed by atoms with Gasteiger partial charge in [0.05, 0.1) is 5.56 Å². The number of benzene rings is 1. The molecule has 1 heterocycles. The minimum absolute atomic E-state index is 0.0153. The molecule has 0 radical (unpaired) electrons. The van der Waals surface area contributed by atoms with Crippen molar-refractivity contribution >= 4 is 5.91 Å². The van der Waals surface area contributed by atoms with Gasteiger partial charge in [-0.25, -0.2) is 0 Å². The Hall–Kier alpha value is -1.51. The number of para-hydroxylation sites is 1. The smallest absolute Gasteiger partial charge is 0.255 e. The molecule has 1 N–H and O–H groups in total. The predicted molar refractivity (Wildman–Crippen MR) is 79.1 cm³/mol. The summed E-state index contributed by atoms with van der Waals surface area (Å²) in [5, 5.41) is 3.09. The summed E-state index contributed by atoms with van der Waals surface area (Å²) in [4.78, 5) is 12.4. The molecule has 1 saturated carbocycles. The van der Waals surface area contributed by atoms with Gasteiger partial charge in [0, 0.05) is 13.0 Å². The lowest BCUT2D eigenvalue weighted by atomic mass is 9.89. The molecule has 1 aliphatic heterocycles. The molecule has 1 amide bonds. The van der Waals surface area contributed by atoms with Crippen molar-refractivity contribution in [2.75, 3.05) is 6.54 Å². The van der Waals surface area contributed by atoms with Crippen LogP contribution in [0.2, 0.25) is 0 Å². The molecule has 0 spiro atoms. The molecule has 1 aromatic carbocycles. The number of carbonyl (C=O) groups excluding carboxylic acids is 1. The first-order valence-corrected chi connectivity index (χ1v) is 7.81. The second kappa shape index (κ2) is 5.86. The van der Waals surface area contributed by atoms with Crippen molar-refractivity contribution in [3.05, 3.63) is 29.3 Å². The van der Waals surface area contributed by atoms with Crippen LogP contribution in [-0.2, 0) is 6.42 Å². The average Bonchev–Trinajstić information content (AvgIpc) is 2.85. The molecule has 3 nitrogen and oxygen atoms in total. The van der Waals surface area contributed by atoms with Gasteiger partial charge in [-0.05, 0) is 37.3 Å². The first-order chi connectivity index (χ1) is 9.74. The van der Waals surface area contributed by atoms with Crippen molar-refractivity contribution in [1.29, 1.82) is 0 Å². The number of amides is 1. The lowest BCUT2D eigenvalue weighted by Crippen LogP contribution is -2.30. The Kier molecular flexibility index (Phi) is 3.95. The van der Waals surface area contributed by atoms with Crippen molar-refractivity contribution in [3.63, 3.8) is 0 Å². The van der Waals surface area contributed by atoms with Crippen LogP contribution in [0.25, 0.3) is 0 Å². The van der Waals surface area contributed by atoms with Crippen molar-refractivity contribution in [1.82, 2.24) is 5.32 Å². The Labute approximate surface area is 120 Å². The van der Waals surface area contributed by atoms with Gasteiger partial charge in [-0.15, -0.1) is 0 Å². The Morgan fingerprint density at radius 1 is 1.30 bits per heavy atom. The van der Waals surface area contributed by atoms with Crippen LogP contribution in [0.15, 0.2) is 18.2 Å². The second-order valence-corrected chi connectivity index (χ2v) is 6.14. The maximum Gasteiger partial charge on any atom is 0.255 e. The van der Waals surface area contributed by atoms with E-state index in [1.54, 1.807) is 0 Å². The highest BCUT2D eigenvalue weighted by Crippen LogP contribution is 2.32. The predicted octanol–water partition coefficient (Wildman–Crippen LogP) is 3.32. The van der Waals surface area contributed by atoms with Crippen LogP contribution in [0.5, 0.6) is 5.75 Å². The van der Waals surface area contributed by atoms with E-state index in [0.29, 0.717) is 11.5 Å². The van der Waals surface area contributed by atoms with Crippen molar-refractivity contribution < 1.29 is 9.53 Å². The third kappa shape index (κ3) is 2.82. The fourth-order valence-electron chi connectivity index (χ4n) is 3.34. The summed E-state index contributed by atoms with van der Waals surface area (Å²) >= 11 is 0. The van der Waals surface area contributed by atoms with Crippen LogP contribution in [0, 0.1) is 5.92 Å². The molecule has 1 aromatic rings. The van der Waals surface area contributed by atoms with E-state index in [-0.39, 0.29) is 12.0 Å². The normalized spacial score (nSPS) is 22.1. The second-order valence-electron chi connectivity index (χ2n) is 6.14. The van der Waals surface area contributed by atoms with Gasteiger partial charge in [0.1, 0.15) is 11.9 Å². The van der Waals surface area contributed by atoms with E-state index >= 15 is 0 Å². The molecule has 108 valence electrons. The zero-order valence-electron chi connectivity index (χ0n) is 12.2. The average molecular weight is 273 g/mol. The standard InChI is InChI=1S/C17H23NO2/c1-12-10-14-8-5-9-15(16(14)20-12)17(19)18-11-13-6-3-2-4-7-13/h5,8-9,12-13H,2-4,6-7,10-11H2,1H3,(H,18,19). The van der Waals surface area contributed by atoms with Gasteiger partial charge in [0.15, 0.2) is 0 Å². The Bertz CT molecular complexity index is 492. The number of fused-ring (bicyclic) bond motifs is 1. The summed E-state index contributed by atoms with van der Waals surface area (Å²) in [7, 11) is 0. The summed E-state index contributed by atoms with van der Waals surface area (Å²) in [5.74, 6) is 1.46. The molecule has 1 atom stereocenters. The van der Waals surface area contributed by atoms with E-state index < -0.39 is 0 Å². The number of rotatable bonds is 3. The van der Waals surface area contributed by atoms with Gasteiger partial charge in [0.25, 0.3) is 5.91 Å². The van der Waals surface area contributed by atoms with E-state index in [4.69, 9.17) is 4.74 Å². The van der Waals surface area contributed by atoms with Crippen LogP contribution in [0.1, 0.15) is 54.9 Å². The van der Waals surface area contributed by atoms with Gasteiger partial charge >= 0.3 is 0 Å². The zero-order chi connectivity index (χ0) is 13.9. The van der Waals surface area contributed by atoms with Crippen molar-refractivity contribution in [2.45, 2.75) is 51.6 Å². The third-order valence-electron chi connectivity index (χ3n) is 4.44. The summed E-state index contributed by atoms with van der Waals surface area (Å²) in [5.41, 5.74) is 1.85. The lowest BCUT2D eigenvalue weighted by Gasteiger charge is -2.22. The first kappa shape index (κ1) is 13.5. The Morgan fingerprint density at radius 3 is 2.90 bits per heavy atom. The molecule has 1 aliphatic carbocycles. The molecule has 0 aromatic heterocycles. The molecular formula is C17H23NO2. The molecule has 2 aliphatic rings. The highest BCUT2D eigenvalue weighted by Gasteiger charge is 2.25. The molecule has 1 fully saturated rings. The largest absolute Gasteiger partial charge is 0.489 e. The van der Waals surface area contributed by atoms with Crippen LogP contribution >= 0.6 is 0 Å². The minimum Gasteiger partial charge on any atom is -0.489 e. The van der Waals surface area contributed by atoms with Crippen LogP contribution in [0.3, 0.4) is 0 Å². The number of nitrogens with one attached hydrogen (secondary N) is 1. The lowest BCUT2D eigenvalue weighted by molar-refractivity contribution is 0.0939. The van der Waals surface area contributed by atoms with Gasteiger partial charge in [-0.3, -0.25) is 4.79 Å².